The monoisotopic (exact) mass is 357 g/mol. The third-order valence-corrected chi connectivity index (χ3v) is 5.92. The first-order chi connectivity index (χ1) is 11.6. The normalized spacial score (nSPS) is 24.2. The molecule has 2 nitrogen and oxygen atoms in total. The molecule has 0 radical (unpaired) electrons. The molecule has 122 valence electrons. The van der Waals surface area contributed by atoms with Crippen LogP contribution in [0.15, 0.2) is 48.6 Å². The van der Waals surface area contributed by atoms with Gasteiger partial charge in [0, 0.05) is 17.2 Å². The van der Waals surface area contributed by atoms with Crippen LogP contribution in [-0.4, -0.2) is 5.78 Å². The average molecular weight is 358 g/mol. The van der Waals surface area contributed by atoms with Crippen LogP contribution < -0.4 is 5.32 Å². The number of halogens is 2. The molecule has 4 heteroatoms. The van der Waals surface area contributed by atoms with Gasteiger partial charge in [-0.2, -0.15) is 0 Å². The van der Waals surface area contributed by atoms with Crippen molar-refractivity contribution in [2.45, 2.75) is 25.3 Å². The molecule has 0 amide bonds. The molecule has 1 N–H and O–H groups in total. The predicted octanol–water partition coefficient (Wildman–Crippen LogP) is 6.02. The maximum absolute atomic E-state index is 11.7. The van der Waals surface area contributed by atoms with E-state index >= 15 is 0 Å². The van der Waals surface area contributed by atoms with E-state index < -0.39 is 0 Å². The van der Waals surface area contributed by atoms with Gasteiger partial charge in [-0.3, -0.25) is 4.79 Å². The summed E-state index contributed by atoms with van der Waals surface area (Å²) in [6.07, 6.45) is 5.45. The minimum atomic E-state index is 0.0938. The van der Waals surface area contributed by atoms with Crippen molar-refractivity contribution < 1.29 is 4.79 Å². The lowest BCUT2D eigenvalue weighted by molar-refractivity contribution is 0.101. The molecular weight excluding hydrogens is 341 g/mol. The third kappa shape index (κ3) is 2.45. The summed E-state index contributed by atoms with van der Waals surface area (Å²) in [5.41, 5.74) is 4.04. The topological polar surface area (TPSA) is 29.1 Å². The Balaban J connectivity index is 1.81. The molecule has 2 aromatic rings. The van der Waals surface area contributed by atoms with Crippen LogP contribution >= 0.6 is 23.2 Å². The van der Waals surface area contributed by atoms with Gasteiger partial charge in [-0.05, 0) is 54.7 Å². The lowest BCUT2D eigenvalue weighted by atomic mass is 9.76. The van der Waals surface area contributed by atoms with E-state index in [0.29, 0.717) is 21.9 Å². The van der Waals surface area contributed by atoms with E-state index in [1.165, 1.54) is 5.56 Å². The van der Waals surface area contributed by atoms with Crippen molar-refractivity contribution in [3.63, 3.8) is 0 Å². The second kappa shape index (κ2) is 5.94. The van der Waals surface area contributed by atoms with Crippen LogP contribution in [0.5, 0.6) is 0 Å². The van der Waals surface area contributed by atoms with E-state index in [1.807, 2.05) is 36.4 Å². The minimum Gasteiger partial charge on any atom is -0.378 e. The van der Waals surface area contributed by atoms with Crippen molar-refractivity contribution in [3.05, 3.63) is 75.3 Å². The first-order valence-electron chi connectivity index (χ1n) is 8.08. The largest absolute Gasteiger partial charge is 0.378 e. The number of hydrogen-bond acceptors (Lipinski definition) is 2. The van der Waals surface area contributed by atoms with E-state index in [9.17, 15) is 4.79 Å². The molecule has 0 aromatic heterocycles. The summed E-state index contributed by atoms with van der Waals surface area (Å²) in [6.45, 7) is 1.61. The Kier molecular flexibility index (Phi) is 3.90. The molecule has 0 spiro atoms. The Bertz CT molecular complexity index is 859. The van der Waals surface area contributed by atoms with E-state index in [1.54, 1.807) is 6.92 Å². The number of rotatable bonds is 2. The Morgan fingerprint density at radius 2 is 2.00 bits per heavy atom. The fraction of sp³-hybridized carbons (Fsp3) is 0.250. The van der Waals surface area contributed by atoms with Crippen molar-refractivity contribution in [2.75, 3.05) is 5.32 Å². The highest BCUT2D eigenvalue weighted by Gasteiger charge is 2.38. The predicted molar refractivity (Wildman–Crippen MR) is 99.3 cm³/mol. The number of carbonyl (C=O) groups excluding carboxylic acids is 1. The van der Waals surface area contributed by atoms with Crippen LogP contribution in [0.1, 0.15) is 46.8 Å². The highest BCUT2D eigenvalue weighted by molar-refractivity contribution is 6.42. The molecule has 0 saturated carbocycles. The van der Waals surface area contributed by atoms with Gasteiger partial charge in [0.15, 0.2) is 5.78 Å². The number of benzene rings is 2. The lowest BCUT2D eigenvalue weighted by Gasteiger charge is -2.38. The lowest BCUT2D eigenvalue weighted by Crippen LogP contribution is -2.29. The van der Waals surface area contributed by atoms with Gasteiger partial charge in [0.1, 0.15) is 0 Å². The van der Waals surface area contributed by atoms with Crippen molar-refractivity contribution >= 4 is 34.7 Å². The van der Waals surface area contributed by atoms with Crippen LogP contribution in [0.2, 0.25) is 10.0 Å². The van der Waals surface area contributed by atoms with Crippen molar-refractivity contribution in [1.82, 2.24) is 0 Å². The van der Waals surface area contributed by atoms with Gasteiger partial charge < -0.3 is 5.32 Å². The van der Waals surface area contributed by atoms with Crippen molar-refractivity contribution in [3.8, 4) is 0 Å². The number of ketones is 1. The van der Waals surface area contributed by atoms with Crippen LogP contribution in [0.3, 0.4) is 0 Å². The third-order valence-electron chi connectivity index (χ3n) is 5.09. The van der Waals surface area contributed by atoms with Crippen LogP contribution in [0, 0.1) is 5.92 Å². The van der Waals surface area contributed by atoms with Crippen molar-refractivity contribution in [1.29, 1.82) is 0 Å². The average Bonchev–Trinajstić information content (AvgIpc) is 3.06. The Morgan fingerprint density at radius 3 is 2.79 bits per heavy atom. The fourth-order valence-electron chi connectivity index (χ4n) is 3.88. The molecule has 3 atom stereocenters. The van der Waals surface area contributed by atoms with Gasteiger partial charge in [-0.25, -0.2) is 0 Å². The minimum absolute atomic E-state index is 0.0938. The summed E-state index contributed by atoms with van der Waals surface area (Å²) < 4.78 is 0. The SMILES string of the molecule is CC(=O)c1ccc2c(c1)[C@@H]1C=CC[C@H]1[C@H](c1cccc(Cl)c1Cl)N2. The van der Waals surface area contributed by atoms with Gasteiger partial charge in [0.25, 0.3) is 0 Å². The Morgan fingerprint density at radius 1 is 1.17 bits per heavy atom. The zero-order valence-electron chi connectivity index (χ0n) is 13.2. The summed E-state index contributed by atoms with van der Waals surface area (Å²) in [7, 11) is 0. The number of fused-ring (bicyclic) bond motifs is 3. The molecule has 0 bridgehead atoms. The molecule has 1 heterocycles. The number of anilines is 1. The van der Waals surface area contributed by atoms with Gasteiger partial charge >= 0.3 is 0 Å². The molecule has 2 aliphatic rings. The molecule has 1 aliphatic carbocycles. The smallest absolute Gasteiger partial charge is 0.159 e. The Labute approximate surface area is 151 Å². The van der Waals surface area contributed by atoms with Gasteiger partial charge in [0.05, 0.1) is 16.1 Å². The first kappa shape index (κ1) is 15.7. The van der Waals surface area contributed by atoms with Gasteiger partial charge in [-0.15, -0.1) is 0 Å². The standard InChI is InChI=1S/C20H17Cl2NO/c1-11(24)12-8-9-18-16(10-12)13-4-2-5-14(13)20(23-18)15-6-3-7-17(21)19(15)22/h2-4,6-10,13-14,20,23H,5H2,1H3/t13-,14-,20-/m1/s1. The number of hydrogen-bond donors (Lipinski definition) is 1. The second-order valence-corrected chi connectivity index (χ2v) is 7.26. The molecule has 2 aromatic carbocycles. The highest BCUT2D eigenvalue weighted by Crippen LogP contribution is 2.51. The summed E-state index contributed by atoms with van der Waals surface area (Å²) in [5, 5.41) is 4.82. The highest BCUT2D eigenvalue weighted by atomic mass is 35.5. The summed E-state index contributed by atoms with van der Waals surface area (Å²) in [6, 6.07) is 11.8. The first-order valence-corrected chi connectivity index (χ1v) is 8.84. The number of nitrogens with one attached hydrogen (secondary N) is 1. The molecule has 0 fully saturated rings. The quantitative estimate of drug-likeness (QED) is 0.525. The van der Waals surface area contributed by atoms with Gasteiger partial charge in [-0.1, -0.05) is 47.5 Å². The summed E-state index contributed by atoms with van der Waals surface area (Å²) >= 11 is 12.7. The van der Waals surface area contributed by atoms with Crippen LogP contribution in [-0.2, 0) is 0 Å². The van der Waals surface area contributed by atoms with Crippen LogP contribution in [0.25, 0.3) is 0 Å². The number of allylic oxidation sites excluding steroid dienone is 2. The van der Waals surface area contributed by atoms with E-state index in [2.05, 4.69) is 17.5 Å². The van der Waals surface area contributed by atoms with E-state index in [4.69, 9.17) is 23.2 Å². The number of Topliss-reactive ketones (excluding diaryl/α,β-unsaturated/α-hetero) is 1. The zero-order valence-corrected chi connectivity index (χ0v) is 14.7. The molecule has 24 heavy (non-hydrogen) atoms. The van der Waals surface area contributed by atoms with Crippen LogP contribution in [0.4, 0.5) is 5.69 Å². The molecular formula is C20H17Cl2NO. The summed E-state index contributed by atoms with van der Waals surface area (Å²) in [5.74, 6) is 0.757. The number of carbonyl (C=O) groups is 1. The van der Waals surface area contributed by atoms with Crippen molar-refractivity contribution in [2.24, 2.45) is 5.92 Å². The fourth-order valence-corrected chi connectivity index (χ4v) is 4.31. The molecule has 0 unspecified atom stereocenters. The molecule has 1 aliphatic heterocycles. The Hall–Kier alpha value is -1.77. The zero-order chi connectivity index (χ0) is 16.8. The second-order valence-electron chi connectivity index (χ2n) is 6.48. The summed E-state index contributed by atoms with van der Waals surface area (Å²) in [4.78, 5) is 11.7. The van der Waals surface area contributed by atoms with E-state index in [-0.39, 0.29) is 11.8 Å². The molecule has 0 saturated heterocycles. The van der Waals surface area contributed by atoms with E-state index in [0.717, 1.165) is 23.2 Å². The molecule has 4 rings (SSSR count). The van der Waals surface area contributed by atoms with Gasteiger partial charge in [0.2, 0.25) is 0 Å². The maximum atomic E-state index is 11.7. The maximum Gasteiger partial charge on any atom is 0.159 e.